The van der Waals surface area contributed by atoms with Crippen LogP contribution in [0.3, 0.4) is 0 Å². The highest BCUT2D eigenvalue weighted by atomic mass is 79.9. The Morgan fingerprint density at radius 2 is 2.29 bits per heavy atom. The SMILES string of the molecule is CC/C(=C/CSc1ccc(N)cc1Br)C(=O)O. The summed E-state index contributed by atoms with van der Waals surface area (Å²) in [5, 5.41) is 8.86. The van der Waals surface area contributed by atoms with Crippen LogP contribution < -0.4 is 5.73 Å². The summed E-state index contributed by atoms with van der Waals surface area (Å²) in [7, 11) is 0. The molecule has 0 aromatic heterocycles. The summed E-state index contributed by atoms with van der Waals surface area (Å²) in [5.41, 5.74) is 6.79. The number of carboxylic acid groups (broad SMARTS) is 1. The highest BCUT2D eigenvalue weighted by Crippen LogP contribution is 2.29. The van der Waals surface area contributed by atoms with Crippen molar-refractivity contribution in [2.45, 2.75) is 18.2 Å². The molecule has 0 aliphatic heterocycles. The Morgan fingerprint density at radius 3 is 2.82 bits per heavy atom. The van der Waals surface area contributed by atoms with E-state index in [1.807, 2.05) is 25.1 Å². The van der Waals surface area contributed by atoms with Gasteiger partial charge in [-0.25, -0.2) is 4.79 Å². The maximum absolute atomic E-state index is 10.8. The standard InChI is InChI=1S/C12H14BrNO2S/c1-2-8(12(15)16)5-6-17-11-4-3-9(14)7-10(11)13/h3-5,7H,2,6,14H2,1H3,(H,15,16)/b8-5-. The zero-order valence-corrected chi connectivity index (χ0v) is 11.8. The first-order valence-corrected chi connectivity index (χ1v) is 6.92. The Hall–Kier alpha value is -0.940. The average Bonchev–Trinajstić information content (AvgIpc) is 2.26. The number of nitrogens with two attached hydrogens (primary N) is 1. The van der Waals surface area contributed by atoms with Crippen LogP contribution in [0.1, 0.15) is 13.3 Å². The van der Waals surface area contributed by atoms with E-state index < -0.39 is 5.97 Å². The number of halogens is 1. The topological polar surface area (TPSA) is 63.3 Å². The van der Waals surface area contributed by atoms with Gasteiger partial charge in [0.2, 0.25) is 0 Å². The third kappa shape index (κ3) is 4.44. The number of anilines is 1. The first kappa shape index (κ1) is 14.1. The average molecular weight is 316 g/mol. The van der Waals surface area contributed by atoms with E-state index in [4.69, 9.17) is 10.8 Å². The molecule has 0 atom stereocenters. The predicted molar refractivity (Wildman–Crippen MR) is 75.3 cm³/mol. The number of thioether (sulfide) groups is 1. The minimum absolute atomic E-state index is 0.448. The molecule has 3 nitrogen and oxygen atoms in total. The van der Waals surface area contributed by atoms with E-state index in [1.165, 1.54) is 0 Å². The quantitative estimate of drug-likeness (QED) is 0.495. The summed E-state index contributed by atoms with van der Waals surface area (Å²) in [6.07, 6.45) is 2.29. The van der Waals surface area contributed by atoms with Crippen LogP contribution in [0.25, 0.3) is 0 Å². The molecule has 3 N–H and O–H groups in total. The number of hydrogen-bond acceptors (Lipinski definition) is 3. The number of benzene rings is 1. The minimum atomic E-state index is -0.843. The first-order chi connectivity index (χ1) is 8.04. The molecule has 17 heavy (non-hydrogen) atoms. The predicted octanol–water partition coefficient (Wildman–Crippen LogP) is 3.54. The fourth-order valence-corrected chi connectivity index (χ4v) is 2.81. The Morgan fingerprint density at radius 1 is 1.59 bits per heavy atom. The van der Waals surface area contributed by atoms with E-state index >= 15 is 0 Å². The molecule has 0 fully saturated rings. The van der Waals surface area contributed by atoms with E-state index in [-0.39, 0.29) is 0 Å². The Balaban J connectivity index is 2.65. The summed E-state index contributed by atoms with van der Waals surface area (Å²) in [4.78, 5) is 11.8. The number of rotatable bonds is 5. The summed E-state index contributed by atoms with van der Waals surface area (Å²) in [6.45, 7) is 1.84. The molecular weight excluding hydrogens is 302 g/mol. The molecule has 0 saturated carbocycles. The number of carbonyl (C=O) groups is 1. The highest BCUT2D eigenvalue weighted by Gasteiger charge is 2.04. The van der Waals surface area contributed by atoms with Gasteiger partial charge in [-0.15, -0.1) is 11.8 Å². The Kier molecular flexibility index (Phi) is 5.58. The minimum Gasteiger partial charge on any atom is -0.478 e. The van der Waals surface area contributed by atoms with Crippen molar-refractivity contribution in [3.8, 4) is 0 Å². The molecule has 0 aliphatic rings. The van der Waals surface area contributed by atoms with Crippen LogP contribution in [0.15, 0.2) is 39.2 Å². The molecule has 0 unspecified atom stereocenters. The van der Waals surface area contributed by atoms with Gasteiger partial charge < -0.3 is 10.8 Å². The van der Waals surface area contributed by atoms with Gasteiger partial charge in [0.25, 0.3) is 0 Å². The molecule has 92 valence electrons. The monoisotopic (exact) mass is 315 g/mol. The number of hydrogen-bond donors (Lipinski definition) is 2. The summed E-state index contributed by atoms with van der Waals surface area (Å²) in [6, 6.07) is 5.59. The van der Waals surface area contributed by atoms with Gasteiger partial charge in [-0.1, -0.05) is 13.0 Å². The van der Waals surface area contributed by atoms with Crippen molar-refractivity contribution < 1.29 is 9.90 Å². The van der Waals surface area contributed by atoms with Crippen LogP contribution in [0, 0.1) is 0 Å². The van der Waals surface area contributed by atoms with Crippen LogP contribution >= 0.6 is 27.7 Å². The van der Waals surface area contributed by atoms with Crippen molar-refractivity contribution in [2.24, 2.45) is 0 Å². The third-order valence-electron chi connectivity index (χ3n) is 2.18. The fourth-order valence-electron chi connectivity index (χ4n) is 1.25. The lowest BCUT2D eigenvalue weighted by Gasteiger charge is -2.04. The van der Waals surface area contributed by atoms with E-state index in [2.05, 4.69) is 15.9 Å². The van der Waals surface area contributed by atoms with Crippen molar-refractivity contribution in [1.29, 1.82) is 0 Å². The van der Waals surface area contributed by atoms with Crippen molar-refractivity contribution in [1.82, 2.24) is 0 Å². The number of nitrogen functional groups attached to an aromatic ring is 1. The van der Waals surface area contributed by atoms with E-state index in [0.29, 0.717) is 23.4 Å². The third-order valence-corrected chi connectivity index (χ3v) is 4.10. The lowest BCUT2D eigenvalue weighted by atomic mass is 10.2. The van der Waals surface area contributed by atoms with Gasteiger partial charge in [0.15, 0.2) is 0 Å². The highest BCUT2D eigenvalue weighted by molar-refractivity contribution is 9.10. The molecule has 0 heterocycles. The Labute approximate surface area is 113 Å². The molecule has 0 amide bonds. The van der Waals surface area contributed by atoms with Crippen LogP contribution in [0.5, 0.6) is 0 Å². The molecule has 0 aliphatic carbocycles. The van der Waals surface area contributed by atoms with Gasteiger partial charge in [0, 0.05) is 26.4 Å². The smallest absolute Gasteiger partial charge is 0.331 e. The number of aliphatic carboxylic acids is 1. The van der Waals surface area contributed by atoms with Gasteiger partial charge in [-0.05, 0) is 40.5 Å². The first-order valence-electron chi connectivity index (χ1n) is 5.14. The lowest BCUT2D eigenvalue weighted by Crippen LogP contribution is -1.99. The fraction of sp³-hybridized carbons (Fsp3) is 0.250. The van der Waals surface area contributed by atoms with E-state index in [0.717, 1.165) is 9.37 Å². The zero-order chi connectivity index (χ0) is 12.8. The Bertz CT molecular complexity index is 446. The largest absolute Gasteiger partial charge is 0.478 e. The molecule has 0 radical (unpaired) electrons. The van der Waals surface area contributed by atoms with Crippen molar-refractivity contribution in [3.05, 3.63) is 34.3 Å². The number of carboxylic acids is 1. The van der Waals surface area contributed by atoms with Gasteiger partial charge in [-0.2, -0.15) is 0 Å². The molecule has 5 heteroatoms. The second-order valence-corrected chi connectivity index (χ2v) is 5.31. The molecule has 1 aromatic rings. The summed E-state index contributed by atoms with van der Waals surface area (Å²) < 4.78 is 0.935. The van der Waals surface area contributed by atoms with Crippen LogP contribution in [-0.4, -0.2) is 16.8 Å². The summed E-state index contributed by atoms with van der Waals surface area (Å²) >= 11 is 5.00. The second kappa shape index (κ2) is 6.71. The van der Waals surface area contributed by atoms with E-state index in [9.17, 15) is 4.79 Å². The molecule has 0 spiro atoms. The lowest BCUT2D eigenvalue weighted by molar-refractivity contribution is -0.132. The molecular formula is C12H14BrNO2S. The maximum Gasteiger partial charge on any atom is 0.331 e. The molecule has 1 aromatic carbocycles. The van der Waals surface area contributed by atoms with Gasteiger partial charge in [0.05, 0.1) is 0 Å². The molecule has 0 bridgehead atoms. The molecule has 1 rings (SSSR count). The van der Waals surface area contributed by atoms with E-state index in [1.54, 1.807) is 17.8 Å². The van der Waals surface area contributed by atoms with Crippen LogP contribution in [-0.2, 0) is 4.79 Å². The van der Waals surface area contributed by atoms with Crippen molar-refractivity contribution in [2.75, 3.05) is 11.5 Å². The van der Waals surface area contributed by atoms with Crippen molar-refractivity contribution >= 4 is 39.3 Å². The van der Waals surface area contributed by atoms with Crippen LogP contribution in [0.2, 0.25) is 0 Å². The van der Waals surface area contributed by atoms with Gasteiger partial charge in [-0.3, -0.25) is 0 Å². The maximum atomic E-state index is 10.8. The zero-order valence-electron chi connectivity index (χ0n) is 9.44. The normalized spacial score (nSPS) is 11.5. The second-order valence-electron chi connectivity index (χ2n) is 3.39. The van der Waals surface area contributed by atoms with Gasteiger partial charge >= 0.3 is 5.97 Å². The molecule has 0 saturated heterocycles. The van der Waals surface area contributed by atoms with Gasteiger partial charge in [0.1, 0.15) is 0 Å². The van der Waals surface area contributed by atoms with Crippen LogP contribution in [0.4, 0.5) is 5.69 Å². The summed E-state index contributed by atoms with van der Waals surface area (Å²) in [5.74, 6) is -0.206. The van der Waals surface area contributed by atoms with Crippen molar-refractivity contribution in [3.63, 3.8) is 0 Å².